The van der Waals surface area contributed by atoms with Gasteiger partial charge in [0.05, 0.1) is 30.3 Å². The van der Waals surface area contributed by atoms with E-state index in [9.17, 15) is 9.90 Å². The number of fused-ring (bicyclic) bond motifs is 1. The molecule has 1 amide bonds. The van der Waals surface area contributed by atoms with Crippen LogP contribution in [0.2, 0.25) is 0 Å². The van der Waals surface area contributed by atoms with Crippen LogP contribution >= 0.6 is 0 Å². The van der Waals surface area contributed by atoms with Gasteiger partial charge < -0.3 is 26.2 Å². The van der Waals surface area contributed by atoms with Crippen LogP contribution in [0.25, 0.3) is 22.3 Å². The Labute approximate surface area is 220 Å². The van der Waals surface area contributed by atoms with Crippen molar-refractivity contribution in [3.63, 3.8) is 0 Å². The molecule has 1 saturated heterocycles. The summed E-state index contributed by atoms with van der Waals surface area (Å²) < 4.78 is 7.36. The van der Waals surface area contributed by atoms with Gasteiger partial charge in [-0.2, -0.15) is 5.10 Å². The standard InChI is InChI=1S/C28H31N7O3/c1-38-22-13-18(7-8-21(22)33-27(36)20-14-19(20)17-5-3-2-4-6-17)24-23-25(29)31-16-32-26(23)35(34-24)15-28(37)9-11-30-12-10-28/h2-8,13,16,19-20,30,37H,9-12,14-15H2,1H3,(H,33,36)(H2,29,31,32)/t19-,20+/m0/s1. The number of hydrogen-bond acceptors (Lipinski definition) is 8. The Bertz CT molecular complexity index is 1480. The topological polar surface area (TPSA) is 140 Å². The van der Waals surface area contributed by atoms with E-state index in [0.29, 0.717) is 53.4 Å². The number of hydrogen-bond donors (Lipinski definition) is 4. The molecule has 1 aliphatic heterocycles. The average Bonchev–Trinajstić information content (AvgIpc) is 3.66. The second-order valence-corrected chi connectivity index (χ2v) is 10.2. The number of carbonyl (C=O) groups is 1. The Balaban J connectivity index is 1.28. The van der Waals surface area contributed by atoms with Gasteiger partial charge in [0.25, 0.3) is 0 Å². The van der Waals surface area contributed by atoms with Gasteiger partial charge in [0.1, 0.15) is 23.6 Å². The molecule has 38 heavy (non-hydrogen) atoms. The number of ether oxygens (including phenoxy) is 1. The minimum absolute atomic E-state index is 0.0208. The summed E-state index contributed by atoms with van der Waals surface area (Å²) in [6, 6.07) is 15.6. The summed E-state index contributed by atoms with van der Waals surface area (Å²) in [6.45, 7) is 1.80. The summed E-state index contributed by atoms with van der Waals surface area (Å²) in [5.74, 6) is 0.995. The number of nitrogens with one attached hydrogen (secondary N) is 2. The first kappa shape index (κ1) is 24.3. The van der Waals surface area contributed by atoms with E-state index in [4.69, 9.17) is 15.6 Å². The average molecular weight is 514 g/mol. The maximum absolute atomic E-state index is 13.0. The third-order valence-corrected chi connectivity index (χ3v) is 7.62. The van der Waals surface area contributed by atoms with Crippen LogP contribution in [-0.4, -0.2) is 56.6 Å². The quantitative estimate of drug-likeness (QED) is 0.296. The number of rotatable bonds is 7. The first-order valence-corrected chi connectivity index (χ1v) is 12.9. The number of amides is 1. The molecule has 10 nitrogen and oxygen atoms in total. The van der Waals surface area contributed by atoms with Gasteiger partial charge in [-0.1, -0.05) is 36.4 Å². The van der Waals surface area contributed by atoms with Crippen LogP contribution < -0.4 is 21.1 Å². The Morgan fingerprint density at radius 3 is 2.76 bits per heavy atom. The highest BCUT2D eigenvalue weighted by Crippen LogP contribution is 2.48. The van der Waals surface area contributed by atoms with Crippen LogP contribution in [0.15, 0.2) is 54.9 Å². The van der Waals surface area contributed by atoms with Crippen LogP contribution in [0.3, 0.4) is 0 Å². The summed E-state index contributed by atoms with van der Waals surface area (Å²) in [7, 11) is 1.57. The predicted octanol–water partition coefficient (Wildman–Crippen LogP) is 2.94. The van der Waals surface area contributed by atoms with E-state index in [1.54, 1.807) is 11.8 Å². The molecule has 1 aliphatic carbocycles. The Morgan fingerprint density at radius 2 is 2.00 bits per heavy atom. The molecule has 2 aromatic carbocycles. The zero-order chi connectivity index (χ0) is 26.3. The first-order valence-electron chi connectivity index (χ1n) is 12.9. The van der Waals surface area contributed by atoms with Crippen LogP contribution in [0, 0.1) is 5.92 Å². The normalized spacial score (nSPS) is 20.3. The Kier molecular flexibility index (Phi) is 6.21. The second-order valence-electron chi connectivity index (χ2n) is 10.2. The number of anilines is 2. The molecule has 4 aromatic rings. The third kappa shape index (κ3) is 4.57. The van der Waals surface area contributed by atoms with Crippen LogP contribution in [0.5, 0.6) is 5.75 Å². The summed E-state index contributed by atoms with van der Waals surface area (Å²) >= 11 is 0. The van der Waals surface area contributed by atoms with Gasteiger partial charge in [-0.3, -0.25) is 4.79 Å². The molecular formula is C28H31N7O3. The lowest BCUT2D eigenvalue weighted by Crippen LogP contribution is -2.45. The van der Waals surface area contributed by atoms with Gasteiger partial charge in [0.15, 0.2) is 5.65 Å². The van der Waals surface area contributed by atoms with Crippen molar-refractivity contribution in [2.75, 3.05) is 31.2 Å². The lowest BCUT2D eigenvalue weighted by molar-refractivity contribution is -0.117. The molecular weight excluding hydrogens is 482 g/mol. The van der Waals surface area contributed by atoms with Crippen molar-refractivity contribution in [3.8, 4) is 17.0 Å². The molecule has 0 spiro atoms. The van der Waals surface area contributed by atoms with E-state index in [1.807, 2.05) is 36.4 Å². The van der Waals surface area contributed by atoms with Crippen LogP contribution in [0.4, 0.5) is 11.5 Å². The molecule has 0 unspecified atom stereocenters. The van der Waals surface area contributed by atoms with Crippen LogP contribution in [0.1, 0.15) is 30.7 Å². The number of nitrogens with zero attached hydrogens (tertiary/aromatic N) is 4. The molecule has 1 saturated carbocycles. The number of piperidine rings is 1. The number of methoxy groups -OCH3 is 1. The predicted molar refractivity (Wildman–Crippen MR) is 145 cm³/mol. The van der Waals surface area contributed by atoms with Gasteiger partial charge >= 0.3 is 0 Å². The fourth-order valence-corrected chi connectivity index (χ4v) is 5.39. The van der Waals surface area contributed by atoms with E-state index < -0.39 is 5.60 Å². The largest absolute Gasteiger partial charge is 0.495 e. The molecule has 2 aliphatic rings. The van der Waals surface area contributed by atoms with Gasteiger partial charge in [-0.05, 0) is 56.0 Å². The molecule has 2 fully saturated rings. The van der Waals surface area contributed by atoms with Crippen molar-refractivity contribution in [1.29, 1.82) is 0 Å². The third-order valence-electron chi connectivity index (χ3n) is 7.62. The molecule has 5 N–H and O–H groups in total. The zero-order valence-corrected chi connectivity index (χ0v) is 21.2. The molecule has 10 heteroatoms. The molecule has 6 rings (SSSR count). The fraction of sp³-hybridized carbons (Fsp3) is 0.357. The lowest BCUT2D eigenvalue weighted by atomic mass is 9.92. The number of aliphatic hydroxyl groups is 1. The number of nitrogen functional groups attached to an aromatic ring is 1. The molecule has 3 heterocycles. The van der Waals surface area contributed by atoms with Crippen molar-refractivity contribution in [2.45, 2.75) is 37.3 Å². The Morgan fingerprint density at radius 1 is 1.21 bits per heavy atom. The highest BCUT2D eigenvalue weighted by atomic mass is 16.5. The summed E-state index contributed by atoms with van der Waals surface area (Å²) in [5, 5.41) is 22.9. The van der Waals surface area contributed by atoms with Gasteiger partial charge in [0.2, 0.25) is 5.91 Å². The lowest BCUT2D eigenvalue weighted by Gasteiger charge is -2.32. The molecule has 2 atom stereocenters. The van der Waals surface area contributed by atoms with Crippen molar-refractivity contribution in [3.05, 3.63) is 60.4 Å². The van der Waals surface area contributed by atoms with E-state index >= 15 is 0 Å². The number of benzene rings is 2. The Hall–Kier alpha value is -4.02. The first-order chi connectivity index (χ1) is 18.5. The fourth-order valence-electron chi connectivity index (χ4n) is 5.39. The highest BCUT2D eigenvalue weighted by Gasteiger charge is 2.44. The maximum atomic E-state index is 13.0. The van der Waals surface area contributed by atoms with Crippen molar-refractivity contribution >= 4 is 28.4 Å². The van der Waals surface area contributed by atoms with Gasteiger partial charge in [-0.25, -0.2) is 14.6 Å². The minimum atomic E-state index is -0.882. The summed E-state index contributed by atoms with van der Waals surface area (Å²) in [4.78, 5) is 21.6. The van der Waals surface area contributed by atoms with Gasteiger partial charge in [0, 0.05) is 11.5 Å². The van der Waals surface area contributed by atoms with E-state index in [2.05, 4.69) is 32.7 Å². The van der Waals surface area contributed by atoms with Crippen molar-refractivity contribution < 1.29 is 14.6 Å². The van der Waals surface area contributed by atoms with Crippen molar-refractivity contribution in [2.24, 2.45) is 5.92 Å². The molecule has 0 bridgehead atoms. The monoisotopic (exact) mass is 513 g/mol. The van der Waals surface area contributed by atoms with E-state index in [1.165, 1.54) is 11.9 Å². The van der Waals surface area contributed by atoms with E-state index in [0.717, 1.165) is 25.1 Å². The molecule has 2 aromatic heterocycles. The highest BCUT2D eigenvalue weighted by molar-refractivity contribution is 6.00. The number of aromatic nitrogens is 4. The van der Waals surface area contributed by atoms with Crippen LogP contribution in [-0.2, 0) is 11.3 Å². The smallest absolute Gasteiger partial charge is 0.228 e. The zero-order valence-electron chi connectivity index (χ0n) is 21.2. The number of carbonyl (C=O) groups excluding carboxylic acids is 1. The maximum Gasteiger partial charge on any atom is 0.228 e. The SMILES string of the molecule is COc1cc(-c2nn(CC3(O)CCNCC3)c3ncnc(N)c23)ccc1NC(=O)[C@@H]1C[C@H]1c1ccccc1. The summed E-state index contributed by atoms with van der Waals surface area (Å²) in [5.41, 5.74) is 9.08. The van der Waals surface area contributed by atoms with Crippen molar-refractivity contribution in [1.82, 2.24) is 25.1 Å². The molecule has 196 valence electrons. The van der Waals surface area contributed by atoms with Gasteiger partial charge in [-0.15, -0.1) is 0 Å². The summed E-state index contributed by atoms with van der Waals surface area (Å²) in [6.07, 6.45) is 3.49. The number of nitrogens with two attached hydrogens (primary N) is 1. The molecule has 0 radical (unpaired) electrons. The van der Waals surface area contributed by atoms with E-state index in [-0.39, 0.29) is 17.7 Å². The minimum Gasteiger partial charge on any atom is -0.495 e. The second kappa shape index (κ2) is 9.70.